The van der Waals surface area contributed by atoms with Crippen molar-refractivity contribution < 1.29 is 14.5 Å². The highest BCUT2D eigenvalue weighted by Gasteiger charge is 2.45. The van der Waals surface area contributed by atoms with Gasteiger partial charge in [0.15, 0.2) is 0 Å². The lowest BCUT2D eigenvalue weighted by atomic mass is 9.78. The van der Waals surface area contributed by atoms with E-state index >= 15 is 0 Å². The molecule has 0 saturated heterocycles. The van der Waals surface area contributed by atoms with Crippen LogP contribution in [0, 0.1) is 17.0 Å². The van der Waals surface area contributed by atoms with E-state index in [0.717, 1.165) is 11.1 Å². The van der Waals surface area contributed by atoms with Crippen LogP contribution in [0.3, 0.4) is 0 Å². The normalized spacial score (nSPS) is 20.6. The van der Waals surface area contributed by atoms with E-state index in [2.05, 4.69) is 4.99 Å². The van der Waals surface area contributed by atoms with Gasteiger partial charge in [0, 0.05) is 17.2 Å². The average Bonchev–Trinajstić information content (AvgIpc) is 2.52. The third-order valence-corrected chi connectivity index (χ3v) is 4.11. The van der Waals surface area contributed by atoms with E-state index in [0.29, 0.717) is 11.4 Å². The summed E-state index contributed by atoms with van der Waals surface area (Å²) in [5, 5.41) is 11.7. The lowest BCUT2D eigenvalue weighted by Gasteiger charge is -2.28. The largest absolute Gasteiger partial charge is 0.461 e. The minimum absolute atomic E-state index is 0.0575. The van der Waals surface area contributed by atoms with Crippen LogP contribution in [-0.2, 0) is 9.53 Å². The van der Waals surface area contributed by atoms with Crippen molar-refractivity contribution in [3.63, 3.8) is 0 Å². The van der Waals surface area contributed by atoms with Crippen molar-refractivity contribution in [2.75, 3.05) is 13.2 Å². The summed E-state index contributed by atoms with van der Waals surface area (Å²) in [4.78, 5) is 28.0. The van der Waals surface area contributed by atoms with Crippen LogP contribution in [-0.4, -0.2) is 35.8 Å². The second-order valence-electron chi connectivity index (χ2n) is 5.74. The van der Waals surface area contributed by atoms with Gasteiger partial charge in [0.05, 0.1) is 17.2 Å². The van der Waals surface area contributed by atoms with Crippen molar-refractivity contribution in [3.8, 4) is 0 Å². The molecule has 128 valence electrons. The molecular weight excluding hydrogens is 310 g/mol. The quantitative estimate of drug-likeness (QED) is 0.504. The van der Waals surface area contributed by atoms with Crippen LogP contribution in [0.4, 0.5) is 0 Å². The van der Waals surface area contributed by atoms with E-state index in [1.807, 2.05) is 19.1 Å². The van der Waals surface area contributed by atoms with E-state index in [1.54, 1.807) is 26.0 Å². The maximum absolute atomic E-state index is 12.5. The number of aliphatic imine (C=N–C) groups is 1. The first kappa shape index (κ1) is 17.8. The molecule has 0 amide bonds. The monoisotopic (exact) mass is 331 g/mol. The summed E-state index contributed by atoms with van der Waals surface area (Å²) in [5.41, 5.74) is 8.03. The Hall–Kier alpha value is -2.54. The fraction of sp³-hybridized carbons (Fsp3) is 0.412. The molecule has 2 atom stereocenters. The van der Waals surface area contributed by atoms with Gasteiger partial charge in [0.1, 0.15) is 6.61 Å². The molecule has 7 heteroatoms. The van der Waals surface area contributed by atoms with Crippen molar-refractivity contribution in [1.29, 1.82) is 0 Å². The van der Waals surface area contributed by atoms with E-state index in [9.17, 15) is 14.9 Å². The molecule has 1 aromatic carbocycles. The van der Waals surface area contributed by atoms with Crippen LogP contribution in [0.2, 0.25) is 0 Å². The van der Waals surface area contributed by atoms with Crippen LogP contribution >= 0.6 is 0 Å². The van der Waals surface area contributed by atoms with E-state index in [1.165, 1.54) is 0 Å². The fourth-order valence-electron chi connectivity index (χ4n) is 3.05. The van der Waals surface area contributed by atoms with Crippen LogP contribution < -0.4 is 5.73 Å². The van der Waals surface area contributed by atoms with Gasteiger partial charge in [0.2, 0.25) is 0 Å². The highest BCUT2D eigenvalue weighted by Crippen LogP contribution is 2.38. The Balaban J connectivity index is 2.61. The summed E-state index contributed by atoms with van der Waals surface area (Å²) < 4.78 is 5.14. The summed E-state index contributed by atoms with van der Waals surface area (Å²) in [6.07, 6.45) is 0. The number of nitrogens with zero attached hydrogens (tertiary/aromatic N) is 2. The standard InChI is InChI=1S/C17H21N3O4/c1-10-6-4-5-7-13(10)15-14(17(21)24-9-8-18)11(2)19-12(3)16(15)20(22)23/h4-7,15-16H,8-9,18H2,1-3H3. The molecule has 2 rings (SSSR count). The van der Waals surface area contributed by atoms with Gasteiger partial charge in [-0.15, -0.1) is 0 Å². The van der Waals surface area contributed by atoms with Gasteiger partial charge >= 0.3 is 5.97 Å². The fourth-order valence-corrected chi connectivity index (χ4v) is 3.05. The Labute approximate surface area is 140 Å². The number of hydrogen-bond donors (Lipinski definition) is 1. The highest BCUT2D eigenvalue weighted by molar-refractivity contribution is 5.98. The van der Waals surface area contributed by atoms with Crippen LogP contribution in [0.5, 0.6) is 0 Å². The molecule has 0 saturated carbocycles. The van der Waals surface area contributed by atoms with Crippen LogP contribution in [0.25, 0.3) is 0 Å². The zero-order valence-electron chi connectivity index (χ0n) is 14.0. The predicted octanol–water partition coefficient (Wildman–Crippen LogP) is 1.97. The SMILES string of the molecule is CC1=NC(C)=C(C(=O)OCCN)C(c2ccccc2C)C1[N+](=O)[O-]. The molecule has 0 aromatic heterocycles. The zero-order valence-corrected chi connectivity index (χ0v) is 14.0. The van der Waals surface area contributed by atoms with Crippen molar-refractivity contribution in [2.24, 2.45) is 10.7 Å². The van der Waals surface area contributed by atoms with Gasteiger partial charge < -0.3 is 10.5 Å². The van der Waals surface area contributed by atoms with Crippen LogP contribution in [0.1, 0.15) is 30.9 Å². The zero-order chi connectivity index (χ0) is 17.9. The Kier molecular flexibility index (Phi) is 5.46. The topological polar surface area (TPSA) is 108 Å². The van der Waals surface area contributed by atoms with E-state index in [-0.39, 0.29) is 18.7 Å². The number of nitrogens with two attached hydrogens (primary N) is 1. The maximum atomic E-state index is 12.5. The van der Waals surface area contributed by atoms with Crippen molar-refractivity contribution in [3.05, 3.63) is 56.8 Å². The average molecular weight is 331 g/mol. The third-order valence-electron chi connectivity index (χ3n) is 4.11. The number of rotatable bonds is 5. The van der Waals surface area contributed by atoms with Gasteiger partial charge in [-0.05, 0) is 31.9 Å². The van der Waals surface area contributed by atoms with Crippen molar-refractivity contribution in [2.45, 2.75) is 32.7 Å². The summed E-state index contributed by atoms with van der Waals surface area (Å²) in [6.45, 7) is 5.40. The number of carbonyl (C=O) groups is 1. The molecule has 2 unspecified atom stereocenters. The molecule has 0 radical (unpaired) electrons. The predicted molar refractivity (Wildman–Crippen MR) is 90.5 cm³/mol. The summed E-state index contributed by atoms with van der Waals surface area (Å²) in [7, 11) is 0. The summed E-state index contributed by atoms with van der Waals surface area (Å²) in [5.74, 6) is -1.33. The molecule has 2 N–H and O–H groups in total. The number of esters is 1. The smallest absolute Gasteiger partial charge is 0.336 e. The molecule has 1 aliphatic heterocycles. The molecule has 1 aliphatic rings. The summed E-state index contributed by atoms with van der Waals surface area (Å²) >= 11 is 0. The Morgan fingerprint density at radius 3 is 2.58 bits per heavy atom. The third kappa shape index (κ3) is 3.35. The number of hydrogen-bond acceptors (Lipinski definition) is 6. The molecule has 1 heterocycles. The number of ether oxygens (including phenoxy) is 1. The summed E-state index contributed by atoms with van der Waals surface area (Å²) in [6, 6.07) is 6.23. The van der Waals surface area contributed by atoms with E-state index in [4.69, 9.17) is 10.5 Å². The molecule has 1 aromatic rings. The molecule has 0 aliphatic carbocycles. The maximum Gasteiger partial charge on any atom is 0.336 e. The number of carbonyl (C=O) groups excluding carboxylic acids is 1. The molecule has 0 fully saturated rings. The Bertz CT molecular complexity index is 724. The van der Waals surface area contributed by atoms with E-state index < -0.39 is 22.9 Å². The molecule has 0 bridgehead atoms. The second kappa shape index (κ2) is 7.35. The van der Waals surface area contributed by atoms with Gasteiger partial charge in [-0.2, -0.15) is 0 Å². The second-order valence-corrected chi connectivity index (χ2v) is 5.74. The van der Waals surface area contributed by atoms with Gasteiger partial charge in [-0.3, -0.25) is 15.1 Å². The number of benzene rings is 1. The number of nitro groups is 1. The van der Waals surface area contributed by atoms with Gasteiger partial charge in [-0.25, -0.2) is 4.79 Å². The molecule has 7 nitrogen and oxygen atoms in total. The van der Waals surface area contributed by atoms with Crippen molar-refractivity contribution >= 4 is 11.7 Å². The Morgan fingerprint density at radius 1 is 1.33 bits per heavy atom. The highest BCUT2D eigenvalue weighted by atomic mass is 16.6. The number of aryl methyl sites for hydroxylation is 1. The first-order valence-electron chi connectivity index (χ1n) is 7.70. The van der Waals surface area contributed by atoms with Gasteiger partial charge in [0.25, 0.3) is 6.04 Å². The van der Waals surface area contributed by atoms with Crippen molar-refractivity contribution in [1.82, 2.24) is 0 Å². The molecule has 0 spiro atoms. The minimum atomic E-state index is -1.10. The first-order valence-corrected chi connectivity index (χ1v) is 7.70. The lowest BCUT2D eigenvalue weighted by Crippen LogP contribution is -2.40. The minimum Gasteiger partial charge on any atom is -0.461 e. The lowest BCUT2D eigenvalue weighted by molar-refractivity contribution is -0.505. The molecule has 24 heavy (non-hydrogen) atoms. The number of allylic oxidation sites excluding steroid dienone is 1. The first-order chi connectivity index (χ1) is 11.4. The van der Waals surface area contributed by atoms with Gasteiger partial charge in [-0.1, -0.05) is 24.3 Å². The molecular formula is C17H21N3O4. The Morgan fingerprint density at radius 2 is 2.00 bits per heavy atom. The van der Waals surface area contributed by atoms with Crippen LogP contribution in [0.15, 0.2) is 40.5 Å².